The lowest BCUT2D eigenvalue weighted by Crippen LogP contribution is -2.55. The Bertz CT molecular complexity index is 5450. The number of hydrogen-bond donors (Lipinski definition) is 14. The molecule has 0 unspecified atom stereocenters. The molecule has 0 aliphatic carbocycles. The highest BCUT2D eigenvalue weighted by molar-refractivity contribution is 7.99. The highest BCUT2D eigenvalue weighted by atomic mass is 32.2. The Morgan fingerprint density at radius 1 is 0.486 bits per heavy atom. The molecule has 6 aliphatic rings. The summed E-state index contributed by atoms with van der Waals surface area (Å²) in [6.45, 7) is 1.45. The molecule has 8 heterocycles. The van der Waals surface area contributed by atoms with Crippen LogP contribution in [0.4, 0.5) is 0 Å². The Balaban J connectivity index is 0.916. The van der Waals surface area contributed by atoms with Crippen LogP contribution in [0.25, 0.3) is 32.7 Å². The fourth-order valence-electron chi connectivity index (χ4n) is 13.3. The van der Waals surface area contributed by atoms with Gasteiger partial charge in [0.25, 0.3) is 0 Å². The molecule has 0 saturated carbocycles. The predicted octanol–water partition coefficient (Wildman–Crippen LogP) is 8.20. The predicted molar refractivity (Wildman–Crippen MR) is 372 cm³/mol. The van der Waals surface area contributed by atoms with Crippen LogP contribution >= 0.6 is 11.8 Å². The molecule has 6 amide bonds. The van der Waals surface area contributed by atoms with Crippen LogP contribution in [0.3, 0.4) is 0 Å². The average Bonchev–Trinajstić information content (AvgIpc) is 1.75. The number of amides is 6. The van der Waals surface area contributed by atoms with Crippen molar-refractivity contribution in [1.29, 1.82) is 0 Å². The topological polar surface area (TPSA) is 421 Å². The quantitative estimate of drug-likeness (QED) is 0.0583. The number of esters is 1. The fraction of sp³-hybridized carbons (Fsp3) is 0.145. The van der Waals surface area contributed by atoms with Crippen molar-refractivity contribution < 1.29 is 93.4 Å². The highest BCUT2D eigenvalue weighted by Gasteiger charge is 2.43. The maximum Gasteiger partial charge on any atom is 0.333 e. The van der Waals surface area contributed by atoms with Gasteiger partial charge >= 0.3 is 5.97 Å². The molecule has 9 atom stereocenters. The maximum atomic E-state index is 16.1. The highest BCUT2D eigenvalue weighted by Crippen LogP contribution is 2.49. The number of carbonyl (C=O) groups is 7. The zero-order valence-electron chi connectivity index (χ0n) is 54.8. The molecule has 2 aromatic heterocycles. The molecule has 17 bridgehead atoms. The maximum absolute atomic E-state index is 16.1. The third-order valence-corrected chi connectivity index (χ3v) is 19.7. The van der Waals surface area contributed by atoms with Crippen molar-refractivity contribution in [3.8, 4) is 80.1 Å². The van der Waals surface area contributed by atoms with E-state index in [9.17, 15) is 50.4 Å². The molecule has 6 aliphatic heterocycles. The van der Waals surface area contributed by atoms with Crippen LogP contribution in [-0.2, 0) is 38.3 Å². The Kier molecular flexibility index (Phi) is 17.3. The second-order valence-corrected chi connectivity index (χ2v) is 26.2. The Labute approximate surface area is 597 Å². The third kappa shape index (κ3) is 12.6. The molecular weight excluding hydrogens is 1370 g/mol. The number of aliphatic hydroxyl groups excluding tert-OH is 2. The van der Waals surface area contributed by atoms with E-state index in [4.69, 9.17) is 18.9 Å². The largest absolute Gasteiger partial charge is 0.508 e. The van der Waals surface area contributed by atoms with Crippen LogP contribution in [-0.4, -0.2) is 116 Å². The van der Waals surface area contributed by atoms with Crippen molar-refractivity contribution in [3.05, 3.63) is 227 Å². The van der Waals surface area contributed by atoms with Crippen molar-refractivity contribution in [3.63, 3.8) is 0 Å². The molecule has 17 rings (SSSR count). The molecular formula is C76H59N9O19S. The zero-order valence-corrected chi connectivity index (χ0v) is 55.7. The van der Waals surface area contributed by atoms with Crippen molar-refractivity contribution in [1.82, 2.24) is 46.4 Å². The Morgan fingerprint density at radius 2 is 1.02 bits per heavy atom. The number of nitrogens with zero attached hydrogens (tertiary/aromatic N) is 3. The second-order valence-electron chi connectivity index (χ2n) is 25.2. The summed E-state index contributed by atoms with van der Waals surface area (Å²) in [4.78, 5) is 117. The van der Waals surface area contributed by atoms with Crippen LogP contribution < -0.4 is 46.1 Å². The van der Waals surface area contributed by atoms with E-state index in [1.54, 1.807) is 29.2 Å². The molecule has 28 nitrogen and oxygen atoms in total. The van der Waals surface area contributed by atoms with Gasteiger partial charge in [0.2, 0.25) is 41.2 Å². The summed E-state index contributed by atoms with van der Waals surface area (Å²) in [7, 11) is 0.979. The van der Waals surface area contributed by atoms with Gasteiger partial charge in [-0.25, -0.2) is 14.8 Å². The third-order valence-electron chi connectivity index (χ3n) is 18.6. The summed E-state index contributed by atoms with van der Waals surface area (Å²) in [6.07, 6.45) is 0.777. The van der Waals surface area contributed by atoms with Crippen LogP contribution in [0.1, 0.15) is 86.9 Å². The van der Waals surface area contributed by atoms with E-state index in [0.717, 1.165) is 72.1 Å². The summed E-state index contributed by atoms with van der Waals surface area (Å²) in [6, 6.07) is 23.6. The van der Waals surface area contributed by atoms with E-state index in [-0.39, 0.29) is 83.8 Å². The summed E-state index contributed by atoms with van der Waals surface area (Å²) < 4.78 is 25.8. The number of phenols is 6. The van der Waals surface area contributed by atoms with Gasteiger partial charge in [0.05, 0.1) is 12.1 Å². The van der Waals surface area contributed by atoms with Crippen LogP contribution in [0.2, 0.25) is 0 Å². The lowest BCUT2D eigenvalue weighted by molar-refractivity contribution is -0.146. The molecule has 14 N–H and O–H groups in total. The van der Waals surface area contributed by atoms with E-state index >= 15 is 24.0 Å². The first-order valence-corrected chi connectivity index (χ1v) is 33.3. The standard InChI is InChI=1S/C76H59N9O19S/c1-33-51(89)25-40-27-53(33)104-54-26-39(13-19-50(54)88)64(85-32-42-22-36-6-3-4-7-37(36)23-46(42)74(85)105-76-77-20-5-21-78-76)73(99)84-63-66(92)35-10-16-45(17-11-35)103-56-29-41-28-55(67(56)93)102-44-14-8-34(9-15-44)65(91)62-72(98)82-61(75(100)101-2)48-30-43(86)31-52(90)57(48)47-24-38(12-18-49(47)87)58(68(94)83-62)79-70(96)60(41)80-69(95)59(40)81-71(63)97/h3-32,58-66,86-93H,1-2H3,(H,79,96)(H,80,95)(H,81,97)(H,82,98)(H,83,94)(H,84,99)/t58-,59+,60-,61-,62+,63-,64-,65-,66-/m1/s1. The van der Waals surface area contributed by atoms with E-state index < -0.39 is 142 Å². The van der Waals surface area contributed by atoms with Crippen molar-refractivity contribution in [2.45, 2.75) is 71.6 Å². The molecule has 9 aromatic carbocycles. The summed E-state index contributed by atoms with van der Waals surface area (Å²) in [5, 5.41) is 115. The average molecular weight is 1430 g/mol. The van der Waals surface area contributed by atoms with Gasteiger partial charge in [-0.2, -0.15) is 0 Å². The van der Waals surface area contributed by atoms with Crippen LogP contribution in [0, 0.1) is 6.92 Å². The van der Waals surface area contributed by atoms with Gasteiger partial charge in [0.15, 0.2) is 34.2 Å². The van der Waals surface area contributed by atoms with Crippen LogP contribution in [0.15, 0.2) is 193 Å². The normalized spacial score (nSPS) is 20.8. The number of nitrogens with one attached hydrogen (secondary N) is 6. The number of aromatic nitrogens is 3. The van der Waals surface area contributed by atoms with Gasteiger partial charge in [0, 0.05) is 57.7 Å². The minimum Gasteiger partial charge on any atom is -0.508 e. The summed E-state index contributed by atoms with van der Waals surface area (Å²) >= 11 is 1.12. The van der Waals surface area contributed by atoms with Gasteiger partial charge in [-0.1, -0.05) is 60.7 Å². The minimum atomic E-state index is -2.18. The number of methoxy groups -OCH3 is 1. The minimum absolute atomic E-state index is 0.00498. The smallest absolute Gasteiger partial charge is 0.333 e. The van der Waals surface area contributed by atoms with Gasteiger partial charge < -0.3 is 96.3 Å². The van der Waals surface area contributed by atoms with Gasteiger partial charge in [0.1, 0.15) is 88.7 Å². The van der Waals surface area contributed by atoms with Crippen molar-refractivity contribution in [2.75, 3.05) is 7.11 Å². The molecule has 105 heavy (non-hydrogen) atoms. The van der Waals surface area contributed by atoms with Crippen molar-refractivity contribution in [2.24, 2.45) is 0 Å². The first kappa shape index (κ1) is 67.4. The first-order chi connectivity index (χ1) is 50.5. The monoisotopic (exact) mass is 1430 g/mol. The number of phenolic OH excluding ortho intramolecular Hbond substituents is 6. The summed E-state index contributed by atoms with van der Waals surface area (Å²) in [5.41, 5.74) is -1.78. The van der Waals surface area contributed by atoms with E-state index in [0.29, 0.717) is 15.8 Å². The SMILES string of the molecule is COC(=O)[C@@H]1NC(=O)[C@H]2NC(=O)[C@H](NC(=O)[C@@H]3NC(=O)[C@H]4NC(=O)[C@H](NC(=O)[C@H](n5cc6cc7ccccc7cc6c5Sc5ncccn5)c5ccc(O)c(c5)Oc5cc4cc(O)c5C)[C@H](O)c4ccc(cc4)Oc4cc3cc(c4O)Oc3ccc(cc3)[C@H]2O)c2ccc(O)c(c2)-c2c(O)cc(O)cc21. The lowest BCUT2D eigenvalue weighted by Gasteiger charge is -2.32. The first-order valence-electron chi connectivity index (χ1n) is 32.4. The number of ether oxygens (including phenoxy) is 4. The van der Waals surface area contributed by atoms with Crippen LogP contribution in [0.5, 0.6) is 69.0 Å². The number of rotatable bonds is 4. The van der Waals surface area contributed by atoms with Gasteiger partial charge in [-0.05, 0) is 160 Å². The van der Waals surface area contributed by atoms with Gasteiger partial charge in [-0.3, -0.25) is 28.8 Å². The number of aliphatic hydroxyl groups is 2. The molecule has 0 fully saturated rings. The number of aromatic hydroxyl groups is 6. The Morgan fingerprint density at radius 3 is 1.66 bits per heavy atom. The lowest BCUT2D eigenvalue weighted by atomic mass is 9.89. The molecule has 29 heteroatoms. The fourth-order valence-corrected chi connectivity index (χ4v) is 14.2. The van der Waals surface area contributed by atoms with E-state index in [2.05, 4.69) is 41.9 Å². The zero-order chi connectivity index (χ0) is 73.4. The number of carbonyl (C=O) groups excluding carboxylic acids is 7. The van der Waals surface area contributed by atoms with Gasteiger partial charge in [-0.15, -0.1) is 0 Å². The number of benzene rings is 9. The number of hydrogen-bond acceptors (Lipinski definition) is 22. The molecule has 11 aromatic rings. The van der Waals surface area contributed by atoms with Crippen molar-refractivity contribution >= 4 is 74.7 Å². The van der Waals surface area contributed by atoms with E-state index in [1.807, 2.05) is 36.4 Å². The molecule has 0 saturated heterocycles. The Hall–Kier alpha value is -13.4. The molecule has 0 radical (unpaired) electrons. The summed E-state index contributed by atoms with van der Waals surface area (Å²) in [5.74, 6) is -13.7. The molecule has 0 spiro atoms. The molecule has 528 valence electrons. The number of fused-ring (bicyclic) bond motifs is 16. The van der Waals surface area contributed by atoms with E-state index in [1.165, 1.54) is 85.8 Å². The second kappa shape index (κ2) is 26.9.